The third kappa shape index (κ3) is 6.39. The van der Waals surface area contributed by atoms with Crippen molar-refractivity contribution in [3.05, 3.63) is 53.1 Å². The first-order chi connectivity index (χ1) is 16.1. The number of carbonyl (C=O) groups is 1. The van der Waals surface area contributed by atoms with E-state index in [2.05, 4.69) is 6.92 Å². The summed E-state index contributed by atoms with van der Waals surface area (Å²) in [5.74, 6) is 1.51. The zero-order valence-corrected chi connectivity index (χ0v) is 20.0. The molecule has 7 nitrogen and oxygen atoms in total. The summed E-state index contributed by atoms with van der Waals surface area (Å²) < 4.78 is 16.9. The van der Waals surface area contributed by atoms with Crippen LogP contribution in [0.2, 0.25) is 0 Å². The molecule has 0 unspecified atom stereocenters. The number of urea groups is 1. The minimum atomic E-state index is -0.0224. The second-order valence-electron chi connectivity index (χ2n) is 8.23. The number of aliphatic hydroxyl groups excluding tert-OH is 1. The zero-order valence-electron chi connectivity index (χ0n) is 20.0. The van der Waals surface area contributed by atoms with E-state index in [0.29, 0.717) is 39.3 Å². The number of amides is 2. The lowest BCUT2D eigenvalue weighted by Crippen LogP contribution is -2.49. The van der Waals surface area contributed by atoms with Gasteiger partial charge in [0.25, 0.3) is 0 Å². The predicted molar refractivity (Wildman–Crippen MR) is 129 cm³/mol. The van der Waals surface area contributed by atoms with Gasteiger partial charge in [-0.15, -0.1) is 0 Å². The number of rotatable bonds is 12. The molecule has 1 aliphatic heterocycles. The lowest BCUT2D eigenvalue weighted by molar-refractivity contribution is 0.116. The normalized spacial score (nSPS) is 14.0. The van der Waals surface area contributed by atoms with Crippen molar-refractivity contribution in [2.24, 2.45) is 0 Å². The predicted octanol–water partition coefficient (Wildman–Crippen LogP) is 4.39. The highest BCUT2D eigenvalue weighted by atomic mass is 16.5. The Labute approximate surface area is 196 Å². The monoisotopic (exact) mass is 456 g/mol. The lowest BCUT2D eigenvalue weighted by atomic mass is 10.1. The van der Waals surface area contributed by atoms with Crippen LogP contribution in [0.5, 0.6) is 11.5 Å². The molecule has 180 valence electrons. The molecule has 0 aliphatic carbocycles. The van der Waals surface area contributed by atoms with Crippen molar-refractivity contribution < 1.29 is 24.1 Å². The van der Waals surface area contributed by atoms with Gasteiger partial charge in [-0.2, -0.15) is 0 Å². The molecule has 1 N–H and O–H groups in total. The number of benzene rings is 2. The van der Waals surface area contributed by atoms with E-state index in [9.17, 15) is 9.90 Å². The molecule has 2 aromatic rings. The van der Waals surface area contributed by atoms with Gasteiger partial charge in [0.05, 0.1) is 27.4 Å². The van der Waals surface area contributed by atoms with E-state index in [1.54, 1.807) is 14.2 Å². The first kappa shape index (κ1) is 24.9. The third-order valence-corrected chi connectivity index (χ3v) is 5.90. The second kappa shape index (κ2) is 12.5. The number of hydrogen-bond acceptors (Lipinski definition) is 5. The Morgan fingerprint density at radius 2 is 1.82 bits per heavy atom. The van der Waals surface area contributed by atoms with E-state index in [4.69, 9.17) is 14.2 Å². The van der Waals surface area contributed by atoms with Gasteiger partial charge < -0.3 is 24.2 Å². The van der Waals surface area contributed by atoms with Crippen molar-refractivity contribution in [1.82, 2.24) is 4.90 Å². The first-order valence-corrected chi connectivity index (χ1v) is 11.7. The van der Waals surface area contributed by atoms with Gasteiger partial charge in [-0.1, -0.05) is 25.5 Å². The summed E-state index contributed by atoms with van der Waals surface area (Å²) in [6.07, 6.45) is 3.57. The van der Waals surface area contributed by atoms with Gasteiger partial charge >= 0.3 is 6.03 Å². The Bertz CT molecular complexity index is 918. The van der Waals surface area contributed by atoms with E-state index < -0.39 is 0 Å². The SMILES string of the molecule is CCCCOCc1cc(N2CCCN(Cc3ccc(CCO)cc3OC)C2=O)ccc1OC. The van der Waals surface area contributed by atoms with Crippen molar-refractivity contribution in [1.29, 1.82) is 0 Å². The molecule has 0 aromatic heterocycles. The molecule has 0 atom stereocenters. The molecule has 3 rings (SSSR count). The average molecular weight is 457 g/mol. The average Bonchev–Trinajstić information content (AvgIpc) is 2.84. The Kier molecular flexibility index (Phi) is 9.39. The molecule has 0 radical (unpaired) electrons. The van der Waals surface area contributed by atoms with Crippen molar-refractivity contribution in [3.63, 3.8) is 0 Å². The molecule has 1 heterocycles. The first-order valence-electron chi connectivity index (χ1n) is 11.7. The summed E-state index contributed by atoms with van der Waals surface area (Å²) in [7, 11) is 3.28. The van der Waals surface area contributed by atoms with Crippen LogP contribution in [-0.2, 0) is 24.3 Å². The van der Waals surface area contributed by atoms with Crippen LogP contribution in [-0.4, -0.2) is 56.6 Å². The summed E-state index contributed by atoms with van der Waals surface area (Å²) in [4.78, 5) is 17.1. The van der Waals surface area contributed by atoms with Crippen molar-refractivity contribution in [3.8, 4) is 11.5 Å². The maximum absolute atomic E-state index is 13.4. The van der Waals surface area contributed by atoms with Crippen LogP contribution in [0.4, 0.5) is 10.5 Å². The van der Waals surface area contributed by atoms with Crippen molar-refractivity contribution in [2.45, 2.75) is 45.8 Å². The third-order valence-electron chi connectivity index (χ3n) is 5.90. The fraction of sp³-hybridized carbons (Fsp3) is 0.500. The van der Waals surface area contributed by atoms with Crippen LogP contribution >= 0.6 is 0 Å². The molecular formula is C26H36N2O5. The summed E-state index contributed by atoms with van der Waals surface area (Å²) in [6.45, 7) is 5.23. The van der Waals surface area contributed by atoms with Crippen LogP contribution in [0.3, 0.4) is 0 Å². The fourth-order valence-corrected chi connectivity index (χ4v) is 4.05. The summed E-state index contributed by atoms with van der Waals surface area (Å²) in [6, 6.07) is 11.7. The highest BCUT2D eigenvalue weighted by Crippen LogP contribution is 2.29. The van der Waals surface area contributed by atoms with E-state index in [-0.39, 0.29) is 12.6 Å². The number of hydrogen-bond donors (Lipinski definition) is 1. The summed E-state index contributed by atoms with van der Waals surface area (Å²) in [5, 5.41) is 9.20. The second-order valence-corrected chi connectivity index (χ2v) is 8.23. The Morgan fingerprint density at radius 3 is 2.55 bits per heavy atom. The minimum absolute atomic E-state index is 0.0224. The van der Waals surface area contributed by atoms with Gasteiger partial charge in [0.1, 0.15) is 11.5 Å². The molecule has 33 heavy (non-hydrogen) atoms. The van der Waals surface area contributed by atoms with Crippen LogP contribution in [0.1, 0.15) is 42.9 Å². The van der Waals surface area contributed by atoms with Crippen molar-refractivity contribution in [2.75, 3.05) is 45.4 Å². The Balaban J connectivity index is 1.75. The van der Waals surface area contributed by atoms with Gasteiger partial charge in [0, 0.05) is 43.1 Å². The van der Waals surface area contributed by atoms with Gasteiger partial charge in [-0.25, -0.2) is 4.79 Å². The quantitative estimate of drug-likeness (QED) is 0.480. The van der Waals surface area contributed by atoms with Gasteiger partial charge in [0.2, 0.25) is 0 Å². The molecule has 1 aliphatic rings. The smallest absolute Gasteiger partial charge is 0.324 e. The largest absolute Gasteiger partial charge is 0.496 e. The number of unbranched alkanes of at least 4 members (excludes halogenated alkanes) is 1. The molecule has 0 saturated carbocycles. The fourth-order valence-electron chi connectivity index (χ4n) is 4.05. The minimum Gasteiger partial charge on any atom is -0.496 e. The van der Waals surface area contributed by atoms with Gasteiger partial charge in [-0.3, -0.25) is 4.90 Å². The molecule has 1 saturated heterocycles. The topological polar surface area (TPSA) is 71.5 Å². The number of aliphatic hydroxyl groups is 1. The lowest BCUT2D eigenvalue weighted by Gasteiger charge is -2.36. The Hall–Kier alpha value is -2.77. The number of anilines is 1. The zero-order chi connectivity index (χ0) is 23.6. The molecule has 0 bridgehead atoms. The maximum atomic E-state index is 13.4. The number of methoxy groups -OCH3 is 2. The molecule has 1 fully saturated rings. The van der Waals surface area contributed by atoms with Crippen LogP contribution in [0.25, 0.3) is 0 Å². The van der Waals surface area contributed by atoms with E-state index in [1.807, 2.05) is 46.2 Å². The highest BCUT2D eigenvalue weighted by Gasteiger charge is 2.28. The van der Waals surface area contributed by atoms with E-state index >= 15 is 0 Å². The van der Waals surface area contributed by atoms with Gasteiger partial charge in [-0.05, 0) is 49.1 Å². The van der Waals surface area contributed by atoms with Crippen LogP contribution in [0, 0.1) is 0 Å². The summed E-state index contributed by atoms with van der Waals surface area (Å²) in [5.41, 5.74) is 3.76. The molecule has 2 amide bonds. The summed E-state index contributed by atoms with van der Waals surface area (Å²) >= 11 is 0. The van der Waals surface area contributed by atoms with Gasteiger partial charge in [0.15, 0.2) is 0 Å². The number of ether oxygens (including phenoxy) is 3. The molecular weight excluding hydrogens is 420 g/mol. The number of nitrogens with zero attached hydrogens (tertiary/aromatic N) is 2. The molecule has 0 spiro atoms. The van der Waals surface area contributed by atoms with E-state index in [1.165, 1.54) is 0 Å². The molecule has 2 aromatic carbocycles. The molecule has 7 heteroatoms. The highest BCUT2D eigenvalue weighted by molar-refractivity contribution is 5.93. The maximum Gasteiger partial charge on any atom is 0.324 e. The van der Waals surface area contributed by atoms with E-state index in [0.717, 1.165) is 53.1 Å². The standard InChI is InChI=1S/C26H36N2O5/c1-4-5-15-33-19-22-17-23(9-10-24(22)31-2)28-13-6-12-27(26(28)30)18-21-8-7-20(11-14-29)16-25(21)32-3/h7-10,16-17,29H,4-6,11-15,18-19H2,1-3H3. The van der Waals surface area contributed by atoms with Crippen molar-refractivity contribution >= 4 is 11.7 Å². The van der Waals surface area contributed by atoms with Crippen LogP contribution in [0.15, 0.2) is 36.4 Å². The van der Waals surface area contributed by atoms with Crippen LogP contribution < -0.4 is 14.4 Å². The number of carbonyl (C=O) groups excluding carboxylic acids is 1. The Morgan fingerprint density at radius 1 is 1.00 bits per heavy atom.